The third kappa shape index (κ3) is 5.26. The second-order valence-corrected chi connectivity index (χ2v) is 8.09. The second-order valence-electron chi connectivity index (χ2n) is 8.09. The molecular weight excluding hydrogens is 416 g/mol. The number of amides is 1. The zero-order valence-corrected chi connectivity index (χ0v) is 18.4. The van der Waals surface area contributed by atoms with Gasteiger partial charge in [-0.05, 0) is 49.6 Å². The smallest absolute Gasteiger partial charge is 0.293 e. The second kappa shape index (κ2) is 10.1. The van der Waals surface area contributed by atoms with Gasteiger partial charge in [0.05, 0.1) is 22.7 Å². The molecule has 1 aliphatic rings. The average Bonchev–Trinajstić information content (AvgIpc) is 3.32. The van der Waals surface area contributed by atoms with Gasteiger partial charge in [-0.1, -0.05) is 48.6 Å². The van der Waals surface area contributed by atoms with Gasteiger partial charge in [0.15, 0.2) is 0 Å². The van der Waals surface area contributed by atoms with Crippen molar-refractivity contribution in [2.24, 2.45) is 0 Å². The quantitative estimate of drug-likeness (QED) is 0.387. The van der Waals surface area contributed by atoms with Crippen molar-refractivity contribution < 1.29 is 9.72 Å². The SMILES string of the molecule is CC(Nc1ccc(C(=O)N2CCCC2C=Cc2ccccc2)cc1[N+](=O)[O-])c1ccccn1. The molecule has 2 aromatic carbocycles. The number of rotatable bonds is 7. The lowest BCUT2D eigenvalue weighted by Crippen LogP contribution is -2.34. The Balaban J connectivity index is 1.53. The van der Waals surface area contributed by atoms with Crippen molar-refractivity contribution in [3.63, 3.8) is 0 Å². The minimum absolute atomic E-state index is 0.0289. The van der Waals surface area contributed by atoms with Gasteiger partial charge in [-0.2, -0.15) is 0 Å². The Labute approximate surface area is 192 Å². The minimum atomic E-state index is -0.457. The summed E-state index contributed by atoms with van der Waals surface area (Å²) in [7, 11) is 0. The van der Waals surface area contributed by atoms with E-state index in [0.717, 1.165) is 24.1 Å². The minimum Gasteiger partial charge on any atom is -0.371 e. The van der Waals surface area contributed by atoms with Gasteiger partial charge in [-0.15, -0.1) is 0 Å². The van der Waals surface area contributed by atoms with Crippen LogP contribution in [0.5, 0.6) is 0 Å². The Bertz CT molecular complexity index is 1150. The molecule has 1 amide bonds. The standard InChI is InChI=1S/C26H26N4O3/c1-19(23-11-5-6-16-27-23)28-24-15-13-21(18-25(24)30(32)33)26(31)29-17-7-10-22(29)14-12-20-8-3-2-4-9-20/h2-6,8-9,11-16,18-19,22,28H,7,10,17H2,1H3. The van der Waals surface area contributed by atoms with E-state index >= 15 is 0 Å². The Morgan fingerprint density at radius 2 is 1.97 bits per heavy atom. The van der Waals surface area contributed by atoms with E-state index in [0.29, 0.717) is 17.8 Å². The molecule has 1 saturated heterocycles. The number of benzene rings is 2. The fourth-order valence-corrected chi connectivity index (χ4v) is 4.07. The van der Waals surface area contributed by atoms with Crippen LogP contribution in [0.2, 0.25) is 0 Å². The highest BCUT2D eigenvalue weighted by molar-refractivity contribution is 5.96. The molecule has 33 heavy (non-hydrogen) atoms. The number of nitro groups is 1. The number of hydrogen-bond acceptors (Lipinski definition) is 5. The van der Waals surface area contributed by atoms with E-state index in [1.165, 1.54) is 6.07 Å². The van der Waals surface area contributed by atoms with E-state index < -0.39 is 4.92 Å². The third-order valence-electron chi connectivity index (χ3n) is 5.82. The van der Waals surface area contributed by atoms with E-state index in [9.17, 15) is 14.9 Å². The predicted octanol–water partition coefficient (Wildman–Crippen LogP) is 5.48. The molecule has 7 nitrogen and oxygen atoms in total. The largest absolute Gasteiger partial charge is 0.371 e. The number of nitrogens with one attached hydrogen (secondary N) is 1. The number of hydrogen-bond donors (Lipinski definition) is 1. The molecule has 2 atom stereocenters. The van der Waals surface area contributed by atoms with Gasteiger partial charge in [0.25, 0.3) is 11.6 Å². The normalized spacial score (nSPS) is 16.6. The first-order chi connectivity index (χ1) is 16.0. The third-order valence-corrected chi connectivity index (χ3v) is 5.82. The Kier molecular flexibility index (Phi) is 6.78. The van der Waals surface area contributed by atoms with Gasteiger partial charge in [-0.3, -0.25) is 19.9 Å². The number of nitro benzene ring substituents is 1. The predicted molar refractivity (Wildman–Crippen MR) is 129 cm³/mol. The number of carbonyl (C=O) groups is 1. The summed E-state index contributed by atoms with van der Waals surface area (Å²) in [5.74, 6) is -0.192. The Hall–Kier alpha value is -4.00. The van der Waals surface area contributed by atoms with Crippen molar-refractivity contribution >= 4 is 23.4 Å². The summed E-state index contributed by atoms with van der Waals surface area (Å²) in [5.41, 5.74) is 2.40. The van der Waals surface area contributed by atoms with E-state index in [1.54, 1.807) is 23.2 Å². The topological polar surface area (TPSA) is 88.4 Å². The summed E-state index contributed by atoms with van der Waals surface area (Å²) in [5, 5.41) is 14.9. The molecule has 0 aliphatic carbocycles. The molecule has 0 spiro atoms. The van der Waals surface area contributed by atoms with Gasteiger partial charge in [-0.25, -0.2) is 0 Å². The van der Waals surface area contributed by atoms with E-state index in [-0.39, 0.29) is 23.7 Å². The zero-order valence-electron chi connectivity index (χ0n) is 18.4. The number of nitrogens with zero attached hydrogens (tertiary/aromatic N) is 3. The van der Waals surface area contributed by atoms with E-state index in [1.807, 2.05) is 67.6 Å². The maximum Gasteiger partial charge on any atom is 0.293 e. The van der Waals surface area contributed by atoms with Crippen molar-refractivity contribution in [2.45, 2.75) is 31.8 Å². The fraction of sp³-hybridized carbons (Fsp3) is 0.231. The van der Waals surface area contributed by atoms with Gasteiger partial charge < -0.3 is 10.2 Å². The number of pyridine rings is 1. The summed E-state index contributed by atoms with van der Waals surface area (Å²) in [6.07, 6.45) is 7.52. The molecule has 1 fully saturated rings. The van der Waals surface area contributed by atoms with Crippen molar-refractivity contribution in [2.75, 3.05) is 11.9 Å². The zero-order chi connectivity index (χ0) is 23.2. The van der Waals surface area contributed by atoms with Crippen molar-refractivity contribution in [3.05, 3.63) is 106 Å². The highest BCUT2D eigenvalue weighted by Gasteiger charge is 2.29. The van der Waals surface area contributed by atoms with Gasteiger partial charge in [0.1, 0.15) is 5.69 Å². The summed E-state index contributed by atoms with van der Waals surface area (Å²) >= 11 is 0. The number of anilines is 1. The summed E-state index contributed by atoms with van der Waals surface area (Å²) < 4.78 is 0. The van der Waals surface area contributed by atoms with Gasteiger partial charge >= 0.3 is 0 Å². The molecule has 3 aromatic rings. The van der Waals surface area contributed by atoms with Crippen LogP contribution < -0.4 is 5.32 Å². The van der Waals surface area contributed by atoms with E-state index in [4.69, 9.17) is 0 Å². The van der Waals surface area contributed by atoms with E-state index in [2.05, 4.69) is 10.3 Å². The lowest BCUT2D eigenvalue weighted by atomic mass is 10.1. The maximum atomic E-state index is 13.2. The first kappa shape index (κ1) is 22.2. The Morgan fingerprint density at radius 1 is 1.18 bits per heavy atom. The summed E-state index contributed by atoms with van der Waals surface area (Å²) in [4.78, 5) is 30.6. The molecule has 2 unspecified atom stereocenters. The fourth-order valence-electron chi connectivity index (χ4n) is 4.07. The van der Waals surface area contributed by atoms with Crippen LogP contribution >= 0.6 is 0 Å². The number of likely N-dealkylation sites (tertiary alicyclic amines) is 1. The van der Waals surface area contributed by atoms with Crippen molar-refractivity contribution in [1.29, 1.82) is 0 Å². The first-order valence-corrected chi connectivity index (χ1v) is 11.0. The van der Waals surface area contributed by atoms with Gasteiger partial charge in [0, 0.05) is 24.4 Å². The van der Waals surface area contributed by atoms with Crippen LogP contribution in [0.25, 0.3) is 6.08 Å². The summed E-state index contributed by atoms with van der Waals surface area (Å²) in [6.45, 7) is 2.52. The molecule has 1 aliphatic heterocycles. The molecule has 0 saturated carbocycles. The Morgan fingerprint density at radius 3 is 2.70 bits per heavy atom. The molecule has 0 bridgehead atoms. The average molecular weight is 443 g/mol. The van der Waals surface area contributed by atoms with Crippen LogP contribution in [0, 0.1) is 10.1 Å². The molecule has 1 aromatic heterocycles. The van der Waals surface area contributed by atoms with Crippen molar-refractivity contribution in [3.8, 4) is 0 Å². The van der Waals surface area contributed by atoms with Crippen LogP contribution in [-0.2, 0) is 0 Å². The molecular formula is C26H26N4O3. The van der Waals surface area contributed by atoms with Gasteiger partial charge in [0.2, 0.25) is 0 Å². The molecule has 7 heteroatoms. The van der Waals surface area contributed by atoms with Crippen LogP contribution in [0.1, 0.15) is 47.4 Å². The van der Waals surface area contributed by atoms with Crippen LogP contribution in [-0.4, -0.2) is 33.3 Å². The molecule has 1 N–H and O–H groups in total. The molecule has 2 heterocycles. The number of aromatic nitrogens is 1. The highest BCUT2D eigenvalue weighted by atomic mass is 16.6. The van der Waals surface area contributed by atoms with Crippen LogP contribution in [0.3, 0.4) is 0 Å². The van der Waals surface area contributed by atoms with Crippen molar-refractivity contribution in [1.82, 2.24) is 9.88 Å². The lowest BCUT2D eigenvalue weighted by Gasteiger charge is -2.23. The molecule has 168 valence electrons. The monoisotopic (exact) mass is 442 g/mol. The van der Waals surface area contributed by atoms with Crippen LogP contribution in [0.15, 0.2) is 79.0 Å². The maximum absolute atomic E-state index is 13.2. The van der Waals surface area contributed by atoms with Crippen LogP contribution in [0.4, 0.5) is 11.4 Å². The molecule has 0 radical (unpaired) electrons. The molecule has 4 rings (SSSR count). The lowest BCUT2D eigenvalue weighted by molar-refractivity contribution is -0.384. The summed E-state index contributed by atoms with van der Waals surface area (Å²) in [6, 6.07) is 19.9. The first-order valence-electron chi connectivity index (χ1n) is 11.0. The number of carbonyl (C=O) groups excluding carboxylic acids is 1. The highest BCUT2D eigenvalue weighted by Crippen LogP contribution is 2.30.